The summed E-state index contributed by atoms with van der Waals surface area (Å²) in [5, 5.41) is 20.5. The summed E-state index contributed by atoms with van der Waals surface area (Å²) in [4.78, 5) is 11.8. The number of nitrogens with one attached hydrogen (secondary N) is 3. The maximum Gasteiger partial charge on any atom is 0.217 e. The third-order valence-electron chi connectivity index (χ3n) is 5.88. The fourth-order valence-corrected chi connectivity index (χ4v) is 4.32. The summed E-state index contributed by atoms with van der Waals surface area (Å²) in [5.41, 5.74) is 1.59. The maximum absolute atomic E-state index is 13.6. The lowest BCUT2D eigenvalue weighted by molar-refractivity contribution is -0.120. The molecule has 0 aliphatic carbocycles. The molecule has 0 fully saturated rings. The van der Waals surface area contributed by atoms with E-state index in [1.165, 1.54) is 19.1 Å². The molecule has 0 saturated carbocycles. The van der Waals surface area contributed by atoms with Crippen LogP contribution in [-0.4, -0.2) is 41.9 Å². The van der Waals surface area contributed by atoms with Gasteiger partial charge in [-0.3, -0.25) is 4.79 Å². The molecule has 186 valence electrons. The molecule has 8 heteroatoms. The number of fused-ring (bicyclic) bond motifs is 1. The van der Waals surface area contributed by atoms with Gasteiger partial charge in [0.1, 0.15) is 23.0 Å². The first kappa shape index (κ1) is 25.9. The normalized spacial score (nSPS) is 19.5. The van der Waals surface area contributed by atoms with Crippen molar-refractivity contribution in [2.75, 3.05) is 18.4 Å². The molecule has 2 aromatic rings. The molecular weight excluding hydrogens is 440 g/mol. The standard InChI is InChI=1S/C26H35F2N3O3/c1-16(32)31-23(12-17-10-18(27)13-19(28)11-17)24(33)15-30-26(5)8-9-29-22-7-6-20(14-21(22)26)34-25(2,3)4/h6-7,10-11,13-14,23-24,29-30,33H,8-9,12,15H2,1-5H3,(H,31,32). The van der Waals surface area contributed by atoms with Crippen molar-refractivity contribution in [1.29, 1.82) is 0 Å². The highest BCUT2D eigenvalue weighted by Gasteiger charge is 2.34. The number of aliphatic hydroxyl groups is 1. The highest BCUT2D eigenvalue weighted by Crippen LogP contribution is 2.38. The van der Waals surface area contributed by atoms with E-state index in [4.69, 9.17) is 4.74 Å². The highest BCUT2D eigenvalue weighted by molar-refractivity contribution is 5.73. The largest absolute Gasteiger partial charge is 0.488 e. The number of hydrogen-bond acceptors (Lipinski definition) is 5. The van der Waals surface area contributed by atoms with E-state index in [1.54, 1.807) is 0 Å². The van der Waals surface area contributed by atoms with Crippen molar-refractivity contribution in [1.82, 2.24) is 10.6 Å². The molecule has 0 bridgehead atoms. The van der Waals surface area contributed by atoms with Crippen molar-refractivity contribution in [3.05, 3.63) is 59.2 Å². The summed E-state index contributed by atoms with van der Waals surface area (Å²) in [6.45, 7) is 10.3. The van der Waals surface area contributed by atoms with E-state index in [0.717, 1.165) is 36.0 Å². The second kappa shape index (κ2) is 10.3. The zero-order chi connectivity index (χ0) is 25.1. The SMILES string of the molecule is CC(=O)NC(Cc1cc(F)cc(F)c1)C(O)CNC1(C)CCNc2ccc(OC(C)(C)C)cc21. The monoisotopic (exact) mass is 475 g/mol. The van der Waals surface area contributed by atoms with Crippen LogP contribution in [0.3, 0.4) is 0 Å². The Labute approximate surface area is 200 Å². The van der Waals surface area contributed by atoms with Gasteiger partial charge in [0.05, 0.1) is 12.1 Å². The Balaban J connectivity index is 1.76. The molecule has 3 atom stereocenters. The quantitative estimate of drug-likeness (QED) is 0.466. The van der Waals surface area contributed by atoms with Crippen molar-refractivity contribution < 1.29 is 23.4 Å². The zero-order valence-electron chi connectivity index (χ0n) is 20.5. The lowest BCUT2D eigenvalue weighted by atomic mass is 9.84. The first-order valence-corrected chi connectivity index (χ1v) is 11.6. The lowest BCUT2D eigenvalue weighted by Gasteiger charge is -2.39. The van der Waals surface area contributed by atoms with E-state index >= 15 is 0 Å². The van der Waals surface area contributed by atoms with E-state index in [2.05, 4.69) is 22.9 Å². The van der Waals surface area contributed by atoms with Crippen LogP contribution in [0.1, 0.15) is 52.2 Å². The summed E-state index contributed by atoms with van der Waals surface area (Å²) < 4.78 is 33.3. The van der Waals surface area contributed by atoms with E-state index in [-0.39, 0.29) is 24.5 Å². The minimum Gasteiger partial charge on any atom is -0.488 e. The number of hydrogen-bond donors (Lipinski definition) is 4. The van der Waals surface area contributed by atoms with Crippen LogP contribution < -0.4 is 20.7 Å². The number of aliphatic hydroxyl groups excluding tert-OH is 1. The Morgan fingerprint density at radius 3 is 2.50 bits per heavy atom. The third kappa shape index (κ3) is 6.90. The number of anilines is 1. The summed E-state index contributed by atoms with van der Waals surface area (Å²) in [6.07, 6.45) is -0.124. The molecule has 1 amide bonds. The van der Waals surface area contributed by atoms with Crippen molar-refractivity contribution in [3.63, 3.8) is 0 Å². The van der Waals surface area contributed by atoms with E-state index in [1.807, 2.05) is 39.0 Å². The molecule has 34 heavy (non-hydrogen) atoms. The van der Waals surface area contributed by atoms with Gasteiger partial charge in [0.15, 0.2) is 0 Å². The molecule has 0 aromatic heterocycles. The number of benzene rings is 2. The van der Waals surface area contributed by atoms with Crippen LogP contribution >= 0.6 is 0 Å². The van der Waals surface area contributed by atoms with Crippen LogP contribution in [0.15, 0.2) is 36.4 Å². The number of carbonyl (C=O) groups is 1. The van der Waals surface area contributed by atoms with Crippen LogP contribution in [0, 0.1) is 11.6 Å². The molecule has 1 aliphatic heterocycles. The lowest BCUT2D eigenvalue weighted by Crippen LogP contribution is -2.53. The van der Waals surface area contributed by atoms with Gasteiger partial charge in [0.2, 0.25) is 5.91 Å². The van der Waals surface area contributed by atoms with Crippen molar-refractivity contribution in [3.8, 4) is 5.75 Å². The van der Waals surface area contributed by atoms with Gasteiger partial charge < -0.3 is 25.8 Å². The fraction of sp³-hybridized carbons (Fsp3) is 0.500. The van der Waals surface area contributed by atoms with Gasteiger partial charge >= 0.3 is 0 Å². The number of amides is 1. The minimum absolute atomic E-state index is 0.0928. The van der Waals surface area contributed by atoms with Gasteiger partial charge in [-0.15, -0.1) is 0 Å². The molecule has 3 rings (SSSR count). The molecule has 0 radical (unpaired) electrons. The maximum atomic E-state index is 13.6. The van der Waals surface area contributed by atoms with Crippen molar-refractivity contribution in [2.45, 2.75) is 70.7 Å². The number of rotatable bonds is 8. The van der Waals surface area contributed by atoms with Gasteiger partial charge in [-0.25, -0.2) is 8.78 Å². The Morgan fingerprint density at radius 1 is 1.21 bits per heavy atom. The molecule has 2 aromatic carbocycles. The fourth-order valence-electron chi connectivity index (χ4n) is 4.32. The van der Waals surface area contributed by atoms with E-state index in [9.17, 15) is 18.7 Å². The van der Waals surface area contributed by atoms with E-state index in [0.29, 0.717) is 5.56 Å². The molecule has 3 unspecified atom stereocenters. The summed E-state index contributed by atoms with van der Waals surface area (Å²) in [7, 11) is 0. The Bertz CT molecular complexity index is 1000. The van der Waals surface area contributed by atoms with Crippen LogP contribution in [0.5, 0.6) is 5.75 Å². The van der Waals surface area contributed by atoms with Crippen molar-refractivity contribution in [2.24, 2.45) is 0 Å². The molecule has 4 N–H and O–H groups in total. The topological polar surface area (TPSA) is 82.6 Å². The summed E-state index contributed by atoms with van der Waals surface area (Å²) in [5.74, 6) is -0.969. The molecule has 0 saturated heterocycles. The van der Waals surface area contributed by atoms with Gasteiger partial charge in [-0.05, 0) is 82.0 Å². The molecule has 1 aliphatic rings. The number of ether oxygens (including phenoxy) is 1. The highest BCUT2D eigenvalue weighted by atomic mass is 19.1. The van der Waals surface area contributed by atoms with Crippen LogP contribution in [0.4, 0.5) is 14.5 Å². The first-order chi connectivity index (χ1) is 15.8. The molecule has 0 spiro atoms. The average molecular weight is 476 g/mol. The smallest absolute Gasteiger partial charge is 0.217 e. The van der Waals surface area contributed by atoms with E-state index < -0.39 is 29.3 Å². The van der Waals surface area contributed by atoms with Crippen molar-refractivity contribution >= 4 is 11.6 Å². The zero-order valence-corrected chi connectivity index (χ0v) is 20.5. The molecule has 6 nitrogen and oxygen atoms in total. The van der Waals surface area contributed by atoms with Crippen LogP contribution in [0.25, 0.3) is 0 Å². The van der Waals surface area contributed by atoms with Crippen LogP contribution in [0.2, 0.25) is 0 Å². The van der Waals surface area contributed by atoms with Gasteiger partial charge in [0, 0.05) is 37.3 Å². The Hall–Kier alpha value is -2.71. The predicted octanol–water partition coefficient (Wildman–Crippen LogP) is 3.87. The Morgan fingerprint density at radius 2 is 1.88 bits per heavy atom. The second-order valence-corrected chi connectivity index (χ2v) is 10.2. The number of carbonyl (C=O) groups excluding carboxylic acids is 1. The molecule has 1 heterocycles. The second-order valence-electron chi connectivity index (χ2n) is 10.2. The predicted molar refractivity (Wildman–Crippen MR) is 129 cm³/mol. The number of halogens is 2. The first-order valence-electron chi connectivity index (χ1n) is 11.6. The van der Waals surface area contributed by atoms with Crippen LogP contribution in [-0.2, 0) is 16.8 Å². The van der Waals surface area contributed by atoms with Gasteiger partial charge in [-0.1, -0.05) is 0 Å². The third-order valence-corrected chi connectivity index (χ3v) is 5.88. The average Bonchev–Trinajstić information content (AvgIpc) is 2.70. The minimum atomic E-state index is -0.987. The van der Waals surface area contributed by atoms with Gasteiger partial charge in [0.25, 0.3) is 0 Å². The molecular formula is C26H35F2N3O3. The summed E-state index contributed by atoms with van der Waals surface area (Å²) in [6, 6.07) is 8.42. The Kier molecular flexibility index (Phi) is 7.83. The summed E-state index contributed by atoms with van der Waals surface area (Å²) >= 11 is 0. The van der Waals surface area contributed by atoms with Gasteiger partial charge in [-0.2, -0.15) is 0 Å².